The van der Waals surface area contributed by atoms with Crippen molar-refractivity contribution in [2.24, 2.45) is 5.92 Å². The quantitative estimate of drug-likeness (QED) is 0.640. The van der Waals surface area contributed by atoms with E-state index >= 15 is 0 Å². The lowest BCUT2D eigenvalue weighted by Crippen LogP contribution is -2.30. The number of aromatic nitrogens is 2. The van der Waals surface area contributed by atoms with E-state index in [9.17, 15) is 18.3 Å². The fourth-order valence-electron chi connectivity index (χ4n) is 3.51. The van der Waals surface area contributed by atoms with Crippen molar-refractivity contribution in [1.82, 2.24) is 15.3 Å². The minimum atomic E-state index is -4.37. The second-order valence-corrected chi connectivity index (χ2v) is 6.85. The highest BCUT2D eigenvalue weighted by Gasteiger charge is 2.30. The molecular weight excluding hydrogens is 369 g/mol. The van der Waals surface area contributed by atoms with Crippen LogP contribution in [0.25, 0.3) is 22.0 Å². The van der Waals surface area contributed by atoms with E-state index in [1.54, 1.807) is 18.5 Å². The Morgan fingerprint density at radius 1 is 1.11 bits per heavy atom. The number of rotatable bonds is 4. The van der Waals surface area contributed by atoms with Gasteiger partial charge in [0.05, 0.1) is 11.1 Å². The Morgan fingerprint density at radius 3 is 2.61 bits per heavy atom. The molecular formula is C20H19F3N4O. The molecule has 8 heteroatoms. The smallest absolute Gasteiger partial charge is 0.396 e. The normalized spacial score (nSPS) is 19.9. The SMILES string of the molecule is OC[C@@H]1CNC[C@H]1Nc1ncc(-c2ccc(C(F)(F)F)cc2)c2ncccc12. The molecule has 0 amide bonds. The summed E-state index contributed by atoms with van der Waals surface area (Å²) in [7, 11) is 0. The number of aliphatic hydroxyl groups is 1. The molecule has 28 heavy (non-hydrogen) atoms. The van der Waals surface area contributed by atoms with E-state index in [1.165, 1.54) is 12.1 Å². The van der Waals surface area contributed by atoms with Gasteiger partial charge in [-0.2, -0.15) is 13.2 Å². The van der Waals surface area contributed by atoms with Crippen LogP contribution in [0, 0.1) is 5.92 Å². The van der Waals surface area contributed by atoms with Gasteiger partial charge in [-0.1, -0.05) is 12.1 Å². The van der Waals surface area contributed by atoms with Crippen LogP contribution in [0.4, 0.5) is 19.0 Å². The van der Waals surface area contributed by atoms with E-state index in [1.807, 2.05) is 6.07 Å². The Labute approximate surface area is 159 Å². The molecule has 1 aliphatic heterocycles. The Hall–Kier alpha value is -2.71. The van der Waals surface area contributed by atoms with Gasteiger partial charge in [0, 0.05) is 55.0 Å². The zero-order valence-electron chi connectivity index (χ0n) is 14.9. The third-order valence-electron chi connectivity index (χ3n) is 5.06. The first-order valence-electron chi connectivity index (χ1n) is 8.97. The second kappa shape index (κ2) is 7.37. The molecule has 0 radical (unpaired) electrons. The molecule has 0 saturated carbocycles. The molecule has 1 fully saturated rings. The largest absolute Gasteiger partial charge is 0.416 e. The molecule has 1 aromatic carbocycles. The fourth-order valence-corrected chi connectivity index (χ4v) is 3.51. The van der Waals surface area contributed by atoms with Gasteiger partial charge in [0.15, 0.2) is 0 Å². The molecule has 0 bridgehead atoms. The molecule has 3 N–H and O–H groups in total. The maximum absolute atomic E-state index is 12.8. The van der Waals surface area contributed by atoms with Crippen LogP contribution in [0.5, 0.6) is 0 Å². The van der Waals surface area contributed by atoms with Gasteiger partial charge in [-0.15, -0.1) is 0 Å². The van der Waals surface area contributed by atoms with Crippen molar-refractivity contribution < 1.29 is 18.3 Å². The molecule has 2 aromatic heterocycles. The summed E-state index contributed by atoms with van der Waals surface area (Å²) < 4.78 is 38.5. The summed E-state index contributed by atoms with van der Waals surface area (Å²) in [5.41, 5.74) is 1.25. The molecule has 3 heterocycles. The van der Waals surface area contributed by atoms with E-state index in [-0.39, 0.29) is 18.6 Å². The van der Waals surface area contributed by atoms with Crippen LogP contribution >= 0.6 is 0 Å². The minimum absolute atomic E-state index is 0.0397. The van der Waals surface area contributed by atoms with Crippen molar-refractivity contribution >= 4 is 16.7 Å². The first-order valence-corrected chi connectivity index (χ1v) is 8.97. The summed E-state index contributed by atoms with van der Waals surface area (Å²) in [5.74, 6) is 0.731. The summed E-state index contributed by atoms with van der Waals surface area (Å²) in [5, 5.41) is 16.9. The second-order valence-electron chi connectivity index (χ2n) is 6.85. The average molecular weight is 388 g/mol. The molecule has 146 valence electrons. The van der Waals surface area contributed by atoms with Crippen molar-refractivity contribution in [3.63, 3.8) is 0 Å². The standard InChI is InChI=1S/C20H19F3N4O/c21-20(22,23)14-5-3-12(4-6-14)16-9-26-19(15-2-1-7-25-18(15)16)27-17-10-24-8-13(17)11-28/h1-7,9,13,17,24,28H,8,10-11H2,(H,26,27)/t13-,17+/m0/s1. The number of halogens is 3. The number of hydrogen-bond acceptors (Lipinski definition) is 5. The van der Waals surface area contributed by atoms with Crippen molar-refractivity contribution in [2.45, 2.75) is 12.2 Å². The number of hydrogen-bond donors (Lipinski definition) is 3. The number of pyridine rings is 2. The van der Waals surface area contributed by atoms with Crippen molar-refractivity contribution in [3.8, 4) is 11.1 Å². The van der Waals surface area contributed by atoms with E-state index in [4.69, 9.17) is 0 Å². The van der Waals surface area contributed by atoms with Crippen LogP contribution < -0.4 is 10.6 Å². The van der Waals surface area contributed by atoms with Crippen LogP contribution in [-0.2, 0) is 6.18 Å². The van der Waals surface area contributed by atoms with E-state index in [0.717, 1.165) is 30.6 Å². The molecule has 2 atom stereocenters. The molecule has 5 nitrogen and oxygen atoms in total. The minimum Gasteiger partial charge on any atom is -0.396 e. The third-order valence-corrected chi connectivity index (χ3v) is 5.06. The van der Waals surface area contributed by atoms with Crippen LogP contribution in [0.15, 0.2) is 48.8 Å². The van der Waals surface area contributed by atoms with Crippen LogP contribution in [0.1, 0.15) is 5.56 Å². The van der Waals surface area contributed by atoms with Crippen molar-refractivity contribution in [1.29, 1.82) is 0 Å². The highest BCUT2D eigenvalue weighted by Crippen LogP contribution is 2.34. The Bertz CT molecular complexity index is 975. The predicted octanol–water partition coefficient (Wildman–Crippen LogP) is 3.31. The summed E-state index contributed by atoms with van der Waals surface area (Å²) in [4.78, 5) is 8.94. The molecule has 0 aliphatic carbocycles. The average Bonchev–Trinajstić information content (AvgIpc) is 3.15. The molecule has 0 unspecified atom stereocenters. The molecule has 1 saturated heterocycles. The lowest BCUT2D eigenvalue weighted by atomic mass is 10.0. The Balaban J connectivity index is 1.72. The zero-order chi connectivity index (χ0) is 19.7. The molecule has 1 aliphatic rings. The summed E-state index contributed by atoms with van der Waals surface area (Å²) in [6, 6.07) is 8.70. The molecule has 3 aromatic rings. The van der Waals surface area contributed by atoms with Crippen molar-refractivity contribution in [2.75, 3.05) is 25.0 Å². The van der Waals surface area contributed by atoms with Gasteiger partial charge in [-0.05, 0) is 29.8 Å². The summed E-state index contributed by atoms with van der Waals surface area (Å²) in [6.07, 6.45) is -1.10. The van der Waals surface area contributed by atoms with Gasteiger partial charge < -0.3 is 15.7 Å². The van der Waals surface area contributed by atoms with Gasteiger partial charge in [0.25, 0.3) is 0 Å². The Kier molecular flexibility index (Phi) is 4.91. The maximum atomic E-state index is 12.8. The fraction of sp³-hybridized carbons (Fsp3) is 0.300. The number of benzene rings is 1. The van der Waals surface area contributed by atoms with Gasteiger partial charge in [0.1, 0.15) is 5.82 Å². The zero-order valence-corrected chi connectivity index (χ0v) is 14.9. The number of nitrogens with one attached hydrogen (secondary N) is 2. The molecule has 0 spiro atoms. The van der Waals surface area contributed by atoms with Gasteiger partial charge >= 0.3 is 6.18 Å². The molecule has 4 rings (SSSR count). The summed E-state index contributed by atoms with van der Waals surface area (Å²) >= 11 is 0. The lowest BCUT2D eigenvalue weighted by molar-refractivity contribution is -0.137. The van der Waals surface area contributed by atoms with Crippen LogP contribution in [0.2, 0.25) is 0 Å². The van der Waals surface area contributed by atoms with Gasteiger partial charge in [-0.3, -0.25) is 4.98 Å². The van der Waals surface area contributed by atoms with Crippen LogP contribution in [-0.4, -0.2) is 40.8 Å². The van der Waals surface area contributed by atoms with E-state index < -0.39 is 11.7 Å². The number of nitrogens with zero attached hydrogens (tertiary/aromatic N) is 2. The van der Waals surface area contributed by atoms with Crippen molar-refractivity contribution in [3.05, 3.63) is 54.4 Å². The first-order chi connectivity index (χ1) is 13.5. The predicted molar refractivity (Wildman–Crippen MR) is 101 cm³/mol. The van der Waals surface area contributed by atoms with Gasteiger partial charge in [-0.25, -0.2) is 4.98 Å². The highest BCUT2D eigenvalue weighted by atomic mass is 19.4. The van der Waals surface area contributed by atoms with E-state index in [2.05, 4.69) is 20.6 Å². The third kappa shape index (κ3) is 3.53. The highest BCUT2D eigenvalue weighted by molar-refractivity contribution is 5.99. The summed E-state index contributed by atoms with van der Waals surface area (Å²) in [6.45, 7) is 1.52. The number of aliphatic hydroxyl groups excluding tert-OH is 1. The Morgan fingerprint density at radius 2 is 1.89 bits per heavy atom. The lowest BCUT2D eigenvalue weighted by Gasteiger charge is -2.20. The van der Waals surface area contributed by atoms with E-state index in [0.29, 0.717) is 22.5 Å². The number of anilines is 1. The van der Waals surface area contributed by atoms with Crippen LogP contribution in [0.3, 0.4) is 0 Å². The number of alkyl halides is 3. The first kappa shape index (κ1) is 18.6. The van der Waals surface area contributed by atoms with Gasteiger partial charge in [0.2, 0.25) is 0 Å². The maximum Gasteiger partial charge on any atom is 0.416 e. The topological polar surface area (TPSA) is 70.1 Å². The number of fused-ring (bicyclic) bond motifs is 1. The monoisotopic (exact) mass is 388 g/mol.